The molecule has 19 heavy (non-hydrogen) atoms. The van der Waals surface area contributed by atoms with Crippen LogP contribution in [-0.2, 0) is 11.2 Å². The lowest BCUT2D eigenvalue weighted by Crippen LogP contribution is -2.14. The number of phenols is 1. The van der Waals surface area contributed by atoms with E-state index in [-0.39, 0.29) is 23.9 Å². The summed E-state index contributed by atoms with van der Waals surface area (Å²) in [6.07, 6.45) is 0.142. The van der Waals surface area contributed by atoms with E-state index in [0.717, 1.165) is 0 Å². The van der Waals surface area contributed by atoms with Crippen molar-refractivity contribution in [3.8, 4) is 5.75 Å². The zero-order chi connectivity index (χ0) is 13.8. The summed E-state index contributed by atoms with van der Waals surface area (Å²) in [5.74, 6) is -0.495. The molecule has 3 nitrogen and oxygen atoms in total. The first-order valence-electron chi connectivity index (χ1n) is 5.57. The zero-order valence-electron chi connectivity index (χ0n) is 9.86. The van der Waals surface area contributed by atoms with Gasteiger partial charge in [-0.3, -0.25) is 4.79 Å². The van der Waals surface area contributed by atoms with E-state index < -0.39 is 0 Å². The summed E-state index contributed by atoms with van der Waals surface area (Å²) in [6.45, 7) is 0. The molecule has 0 saturated carbocycles. The molecular weight excluding hydrogens is 313 g/mol. The van der Waals surface area contributed by atoms with E-state index in [1.807, 2.05) is 0 Å². The highest BCUT2D eigenvalue weighted by Crippen LogP contribution is 2.20. The van der Waals surface area contributed by atoms with Gasteiger partial charge in [-0.2, -0.15) is 0 Å². The summed E-state index contributed by atoms with van der Waals surface area (Å²) < 4.78 is 13.3. The van der Waals surface area contributed by atoms with Gasteiger partial charge in [-0.25, -0.2) is 4.39 Å². The number of nitrogens with one attached hydrogen (secondary N) is 1. The maximum Gasteiger partial charge on any atom is 0.228 e. The lowest BCUT2D eigenvalue weighted by molar-refractivity contribution is -0.115. The van der Waals surface area contributed by atoms with Crippen LogP contribution in [0.3, 0.4) is 0 Å². The minimum Gasteiger partial charge on any atom is -0.508 e. The highest BCUT2D eigenvalue weighted by atomic mass is 79.9. The number of rotatable bonds is 3. The number of benzene rings is 2. The predicted octanol–water partition coefficient (Wildman–Crippen LogP) is 3.48. The molecule has 0 aliphatic rings. The molecule has 0 aliphatic heterocycles. The Balaban J connectivity index is 2.03. The average Bonchev–Trinajstić information content (AvgIpc) is 2.34. The van der Waals surface area contributed by atoms with Crippen LogP contribution in [0.25, 0.3) is 0 Å². The van der Waals surface area contributed by atoms with E-state index >= 15 is 0 Å². The van der Waals surface area contributed by atoms with Crippen molar-refractivity contribution >= 4 is 27.5 Å². The highest BCUT2D eigenvalue weighted by molar-refractivity contribution is 9.10. The van der Waals surface area contributed by atoms with Gasteiger partial charge in [0, 0.05) is 5.69 Å². The Labute approximate surface area is 118 Å². The molecule has 0 unspecified atom stereocenters. The van der Waals surface area contributed by atoms with Crippen LogP contribution in [0, 0.1) is 5.82 Å². The highest BCUT2D eigenvalue weighted by Gasteiger charge is 2.06. The third-order valence-corrected chi connectivity index (χ3v) is 3.09. The molecule has 0 fully saturated rings. The molecule has 1 amide bonds. The van der Waals surface area contributed by atoms with Gasteiger partial charge in [-0.05, 0) is 51.8 Å². The van der Waals surface area contributed by atoms with Crippen molar-refractivity contribution in [1.82, 2.24) is 0 Å². The van der Waals surface area contributed by atoms with Crippen molar-refractivity contribution in [2.75, 3.05) is 5.32 Å². The molecule has 2 aromatic rings. The van der Waals surface area contributed by atoms with E-state index in [4.69, 9.17) is 0 Å². The van der Waals surface area contributed by atoms with Gasteiger partial charge in [-0.1, -0.05) is 12.1 Å². The zero-order valence-corrected chi connectivity index (χ0v) is 11.4. The molecule has 2 aromatic carbocycles. The topological polar surface area (TPSA) is 49.3 Å². The molecule has 0 radical (unpaired) electrons. The summed E-state index contributed by atoms with van der Waals surface area (Å²) in [6, 6.07) is 10.7. The van der Waals surface area contributed by atoms with Crippen molar-refractivity contribution in [1.29, 1.82) is 0 Å². The van der Waals surface area contributed by atoms with Gasteiger partial charge < -0.3 is 10.4 Å². The molecule has 0 saturated heterocycles. The number of carbonyl (C=O) groups excluding carboxylic acids is 1. The molecular formula is C14H11BrFNO2. The SMILES string of the molecule is O=C(Cc1cccc(O)c1)Nc1ccc(F)c(Br)c1. The standard InChI is InChI=1S/C14H11BrFNO2/c15-12-8-10(4-5-13(12)16)17-14(19)7-9-2-1-3-11(18)6-9/h1-6,8,18H,7H2,(H,17,19). The smallest absolute Gasteiger partial charge is 0.228 e. The van der Waals surface area contributed by atoms with Crippen LogP contribution in [0.2, 0.25) is 0 Å². The summed E-state index contributed by atoms with van der Waals surface area (Å²) in [4.78, 5) is 11.8. The quantitative estimate of drug-likeness (QED) is 0.908. The molecule has 0 spiro atoms. The fourth-order valence-corrected chi connectivity index (χ4v) is 2.01. The van der Waals surface area contributed by atoms with Crippen molar-refractivity contribution in [2.45, 2.75) is 6.42 Å². The molecule has 0 heterocycles. The lowest BCUT2D eigenvalue weighted by Gasteiger charge is -2.06. The minimum absolute atomic E-state index is 0.120. The van der Waals surface area contributed by atoms with E-state index in [0.29, 0.717) is 15.7 Å². The maximum atomic E-state index is 13.0. The van der Waals surface area contributed by atoms with Crippen LogP contribution in [0.4, 0.5) is 10.1 Å². The van der Waals surface area contributed by atoms with Gasteiger partial charge in [0.15, 0.2) is 0 Å². The summed E-state index contributed by atoms with van der Waals surface area (Å²) in [5.41, 5.74) is 1.22. The van der Waals surface area contributed by atoms with E-state index in [1.165, 1.54) is 24.3 Å². The first kappa shape index (κ1) is 13.5. The average molecular weight is 324 g/mol. The Bertz CT molecular complexity index is 616. The number of amides is 1. The normalized spacial score (nSPS) is 10.2. The number of aromatic hydroxyl groups is 1. The van der Waals surface area contributed by atoms with Crippen LogP contribution in [-0.4, -0.2) is 11.0 Å². The van der Waals surface area contributed by atoms with Crippen molar-refractivity contribution in [3.63, 3.8) is 0 Å². The number of carbonyl (C=O) groups is 1. The van der Waals surface area contributed by atoms with Gasteiger partial charge in [-0.15, -0.1) is 0 Å². The summed E-state index contributed by atoms with van der Waals surface area (Å²) in [7, 11) is 0. The minimum atomic E-state index is -0.383. The van der Waals surface area contributed by atoms with E-state index in [1.54, 1.807) is 18.2 Å². The Morgan fingerprint density at radius 2 is 2.05 bits per heavy atom. The van der Waals surface area contributed by atoms with Gasteiger partial charge >= 0.3 is 0 Å². The van der Waals surface area contributed by atoms with Crippen LogP contribution < -0.4 is 5.32 Å². The van der Waals surface area contributed by atoms with Crippen molar-refractivity contribution in [3.05, 3.63) is 58.3 Å². The van der Waals surface area contributed by atoms with Crippen LogP contribution >= 0.6 is 15.9 Å². The summed E-state index contributed by atoms with van der Waals surface area (Å²) in [5, 5.41) is 12.0. The molecule has 0 bridgehead atoms. The van der Waals surface area contributed by atoms with Gasteiger partial charge in [0.05, 0.1) is 10.9 Å². The fourth-order valence-electron chi connectivity index (χ4n) is 1.63. The van der Waals surface area contributed by atoms with Crippen LogP contribution in [0.1, 0.15) is 5.56 Å². The monoisotopic (exact) mass is 323 g/mol. The Kier molecular flexibility index (Phi) is 4.16. The molecule has 5 heteroatoms. The second kappa shape index (κ2) is 5.84. The van der Waals surface area contributed by atoms with E-state index in [2.05, 4.69) is 21.2 Å². The second-order valence-corrected chi connectivity index (χ2v) is 4.88. The maximum absolute atomic E-state index is 13.0. The van der Waals surface area contributed by atoms with Gasteiger partial charge in [0.2, 0.25) is 5.91 Å². The number of anilines is 1. The largest absolute Gasteiger partial charge is 0.508 e. The predicted molar refractivity (Wildman–Crippen MR) is 74.5 cm³/mol. The third-order valence-electron chi connectivity index (χ3n) is 2.48. The molecule has 98 valence electrons. The number of phenolic OH excluding ortho intramolecular Hbond substituents is 1. The Hall–Kier alpha value is -1.88. The number of halogens is 2. The van der Waals surface area contributed by atoms with Gasteiger partial charge in [0.1, 0.15) is 11.6 Å². The third kappa shape index (κ3) is 3.79. The molecule has 0 aliphatic carbocycles. The lowest BCUT2D eigenvalue weighted by atomic mass is 10.1. The Morgan fingerprint density at radius 1 is 1.26 bits per heavy atom. The van der Waals surface area contributed by atoms with Crippen LogP contribution in [0.5, 0.6) is 5.75 Å². The van der Waals surface area contributed by atoms with Crippen molar-refractivity contribution in [2.24, 2.45) is 0 Å². The molecule has 2 rings (SSSR count). The summed E-state index contributed by atoms with van der Waals surface area (Å²) >= 11 is 3.05. The molecule has 2 N–H and O–H groups in total. The van der Waals surface area contributed by atoms with Crippen LogP contribution in [0.15, 0.2) is 46.9 Å². The van der Waals surface area contributed by atoms with Crippen molar-refractivity contribution < 1.29 is 14.3 Å². The first-order chi connectivity index (χ1) is 9.04. The molecule has 0 aromatic heterocycles. The second-order valence-electron chi connectivity index (χ2n) is 4.02. The van der Waals surface area contributed by atoms with Gasteiger partial charge in [0.25, 0.3) is 0 Å². The first-order valence-corrected chi connectivity index (χ1v) is 6.37. The Morgan fingerprint density at radius 3 is 2.74 bits per heavy atom. The number of hydrogen-bond acceptors (Lipinski definition) is 2. The molecule has 0 atom stereocenters. The fraction of sp³-hybridized carbons (Fsp3) is 0.0714. The number of hydrogen-bond donors (Lipinski definition) is 2. The van der Waals surface area contributed by atoms with E-state index in [9.17, 15) is 14.3 Å².